The van der Waals surface area contributed by atoms with Gasteiger partial charge in [-0.25, -0.2) is 4.79 Å². The number of carbonyl (C=O) groups is 1. The maximum atomic E-state index is 11.3. The van der Waals surface area contributed by atoms with Gasteiger partial charge in [0.1, 0.15) is 17.2 Å². The highest BCUT2D eigenvalue weighted by atomic mass is 16.7. The van der Waals surface area contributed by atoms with Crippen molar-refractivity contribution >= 4 is 11.5 Å². The number of carboxylic acid groups (broad SMARTS) is 1. The quantitative estimate of drug-likeness (QED) is 0.434. The molecule has 0 saturated heterocycles. The van der Waals surface area contributed by atoms with Gasteiger partial charge >= 0.3 is 5.97 Å². The predicted molar refractivity (Wildman–Crippen MR) is 129 cm³/mol. The van der Waals surface area contributed by atoms with E-state index >= 15 is 0 Å². The van der Waals surface area contributed by atoms with Crippen LogP contribution in [0.3, 0.4) is 0 Å². The molecule has 1 heterocycles. The summed E-state index contributed by atoms with van der Waals surface area (Å²) < 4.78 is 22.9. The second-order valence-electron chi connectivity index (χ2n) is 7.78. The van der Waals surface area contributed by atoms with Crippen molar-refractivity contribution in [3.05, 3.63) is 95.6 Å². The number of ether oxygens (including phenoxy) is 4. The Morgan fingerprint density at radius 1 is 0.971 bits per heavy atom. The van der Waals surface area contributed by atoms with Crippen LogP contribution < -0.4 is 14.2 Å². The van der Waals surface area contributed by atoms with E-state index in [2.05, 4.69) is 18.2 Å². The Kier molecular flexibility index (Phi) is 7.83. The molecule has 0 amide bonds. The maximum Gasteiger partial charge on any atom is 0.333 e. The lowest BCUT2D eigenvalue weighted by atomic mass is 9.95. The Labute approximate surface area is 199 Å². The standard InChI is InChI=1S/C28H28O6/c1-2-31-27(28(29)30)18-20-13-15-21(16-14-20)32-17-7-10-22-23-8-3-5-11-25(23)33-19-34-26-12-6-4-9-24(22)26/h3-6,8-16,27H,2,7,17-19H2,1H3,(H,29,30). The molecule has 1 atom stereocenters. The Morgan fingerprint density at radius 3 is 2.18 bits per heavy atom. The van der Waals surface area contributed by atoms with Gasteiger partial charge in [0.25, 0.3) is 0 Å². The van der Waals surface area contributed by atoms with Gasteiger partial charge in [-0.1, -0.05) is 54.6 Å². The third kappa shape index (κ3) is 5.77. The van der Waals surface area contributed by atoms with Crippen LogP contribution in [-0.2, 0) is 16.0 Å². The van der Waals surface area contributed by atoms with E-state index < -0.39 is 12.1 Å². The van der Waals surface area contributed by atoms with Crippen LogP contribution in [0.2, 0.25) is 0 Å². The molecule has 3 aromatic carbocycles. The monoisotopic (exact) mass is 460 g/mol. The summed E-state index contributed by atoms with van der Waals surface area (Å²) >= 11 is 0. The summed E-state index contributed by atoms with van der Waals surface area (Å²) in [4.78, 5) is 11.3. The minimum absolute atomic E-state index is 0.165. The molecular formula is C28H28O6. The molecule has 1 unspecified atom stereocenters. The highest BCUT2D eigenvalue weighted by Crippen LogP contribution is 2.37. The van der Waals surface area contributed by atoms with Crippen LogP contribution in [0.1, 0.15) is 30.0 Å². The number of hydrogen-bond donors (Lipinski definition) is 1. The Morgan fingerprint density at radius 2 is 1.59 bits per heavy atom. The Bertz CT molecular complexity index is 1090. The van der Waals surface area contributed by atoms with Crippen molar-refractivity contribution in [2.45, 2.75) is 25.9 Å². The van der Waals surface area contributed by atoms with E-state index in [1.54, 1.807) is 6.92 Å². The van der Waals surface area contributed by atoms with Gasteiger partial charge < -0.3 is 24.1 Å². The minimum atomic E-state index is -0.955. The van der Waals surface area contributed by atoms with Gasteiger partial charge in [-0.3, -0.25) is 0 Å². The van der Waals surface area contributed by atoms with Gasteiger partial charge in [0.05, 0.1) is 6.61 Å². The van der Waals surface area contributed by atoms with Crippen LogP contribution in [0.25, 0.3) is 5.57 Å². The molecule has 176 valence electrons. The van der Waals surface area contributed by atoms with E-state index in [1.807, 2.05) is 60.7 Å². The first-order chi connectivity index (χ1) is 16.7. The molecule has 6 heteroatoms. The lowest BCUT2D eigenvalue weighted by Crippen LogP contribution is -2.26. The Balaban J connectivity index is 1.43. The van der Waals surface area contributed by atoms with Crippen LogP contribution in [0.5, 0.6) is 17.2 Å². The van der Waals surface area contributed by atoms with Gasteiger partial charge in [-0.15, -0.1) is 0 Å². The second-order valence-corrected chi connectivity index (χ2v) is 7.78. The van der Waals surface area contributed by atoms with Crippen molar-refractivity contribution in [2.24, 2.45) is 0 Å². The summed E-state index contributed by atoms with van der Waals surface area (Å²) in [5.41, 5.74) is 3.97. The van der Waals surface area contributed by atoms with Crippen LogP contribution in [0.15, 0.2) is 78.9 Å². The van der Waals surface area contributed by atoms with E-state index in [4.69, 9.17) is 18.9 Å². The lowest BCUT2D eigenvalue weighted by molar-refractivity contribution is -0.149. The fourth-order valence-corrected chi connectivity index (χ4v) is 3.89. The van der Waals surface area contributed by atoms with Crippen LogP contribution in [0.4, 0.5) is 0 Å². The first kappa shape index (κ1) is 23.4. The first-order valence-electron chi connectivity index (χ1n) is 11.4. The smallest absolute Gasteiger partial charge is 0.333 e. The van der Waals surface area contributed by atoms with Crippen molar-refractivity contribution in [1.29, 1.82) is 0 Å². The summed E-state index contributed by atoms with van der Waals surface area (Å²) in [5, 5.41) is 9.26. The molecule has 1 aliphatic rings. The number of hydrogen-bond acceptors (Lipinski definition) is 5. The van der Waals surface area contributed by atoms with E-state index in [0.717, 1.165) is 39.5 Å². The average Bonchev–Trinajstić information content (AvgIpc) is 2.84. The number of benzene rings is 3. The van der Waals surface area contributed by atoms with Gasteiger partial charge in [-0.05, 0) is 42.3 Å². The van der Waals surface area contributed by atoms with E-state index in [0.29, 0.717) is 26.1 Å². The number of para-hydroxylation sites is 2. The molecule has 3 aromatic rings. The average molecular weight is 461 g/mol. The van der Waals surface area contributed by atoms with Crippen LogP contribution >= 0.6 is 0 Å². The van der Waals surface area contributed by atoms with Crippen molar-refractivity contribution in [2.75, 3.05) is 20.0 Å². The number of rotatable bonds is 9. The molecular weight excluding hydrogens is 432 g/mol. The minimum Gasteiger partial charge on any atom is -0.493 e. The summed E-state index contributed by atoms with van der Waals surface area (Å²) in [6.07, 6.45) is 2.30. The largest absolute Gasteiger partial charge is 0.493 e. The van der Waals surface area contributed by atoms with Crippen LogP contribution in [-0.4, -0.2) is 37.2 Å². The van der Waals surface area contributed by atoms with Gasteiger partial charge in [0.2, 0.25) is 6.79 Å². The van der Waals surface area contributed by atoms with Gasteiger partial charge in [0, 0.05) is 30.6 Å². The van der Waals surface area contributed by atoms with Crippen molar-refractivity contribution in [3.8, 4) is 17.2 Å². The molecule has 0 radical (unpaired) electrons. The van der Waals surface area contributed by atoms with E-state index in [-0.39, 0.29) is 6.79 Å². The molecule has 0 aliphatic carbocycles. The van der Waals surface area contributed by atoms with Crippen molar-refractivity contribution in [3.63, 3.8) is 0 Å². The number of fused-ring (bicyclic) bond motifs is 2. The normalized spacial score (nSPS) is 13.3. The first-order valence-corrected chi connectivity index (χ1v) is 11.4. The molecule has 34 heavy (non-hydrogen) atoms. The molecule has 0 saturated carbocycles. The SMILES string of the molecule is CCOC(Cc1ccc(OCCC=C2c3ccccc3OCOc3ccccc32)cc1)C(=O)O. The molecule has 4 rings (SSSR count). The predicted octanol–water partition coefficient (Wildman–Crippen LogP) is 5.35. The lowest BCUT2D eigenvalue weighted by Gasteiger charge is -2.21. The molecule has 0 bridgehead atoms. The van der Waals surface area contributed by atoms with Crippen molar-refractivity contribution in [1.82, 2.24) is 0 Å². The second kappa shape index (κ2) is 11.4. The maximum absolute atomic E-state index is 11.3. The molecule has 6 nitrogen and oxygen atoms in total. The van der Waals surface area contributed by atoms with Crippen LogP contribution in [0, 0.1) is 0 Å². The molecule has 0 spiro atoms. The zero-order valence-corrected chi connectivity index (χ0v) is 19.1. The summed E-state index contributed by atoms with van der Waals surface area (Å²) in [5.74, 6) is 1.34. The van der Waals surface area contributed by atoms with Gasteiger partial charge in [0.15, 0.2) is 6.10 Å². The zero-order valence-electron chi connectivity index (χ0n) is 19.1. The molecule has 1 N–H and O–H groups in total. The summed E-state index contributed by atoms with van der Waals surface area (Å²) in [7, 11) is 0. The summed E-state index contributed by atoms with van der Waals surface area (Å²) in [6, 6.07) is 23.3. The van der Waals surface area contributed by atoms with Gasteiger partial charge in [-0.2, -0.15) is 0 Å². The summed E-state index contributed by atoms with van der Waals surface area (Å²) in [6.45, 7) is 2.81. The zero-order chi connectivity index (χ0) is 23.8. The van der Waals surface area contributed by atoms with E-state index in [1.165, 1.54) is 0 Å². The highest BCUT2D eigenvalue weighted by Gasteiger charge is 2.19. The van der Waals surface area contributed by atoms with E-state index in [9.17, 15) is 9.90 Å². The molecule has 0 aromatic heterocycles. The number of aliphatic carboxylic acids is 1. The Hall–Kier alpha value is -3.77. The fourth-order valence-electron chi connectivity index (χ4n) is 3.89. The third-order valence-corrected chi connectivity index (χ3v) is 5.51. The fraction of sp³-hybridized carbons (Fsp3) is 0.250. The molecule has 0 fully saturated rings. The molecule has 1 aliphatic heterocycles. The highest BCUT2D eigenvalue weighted by molar-refractivity contribution is 5.85. The number of carboxylic acids is 1. The van der Waals surface area contributed by atoms with Crippen molar-refractivity contribution < 1.29 is 28.8 Å². The topological polar surface area (TPSA) is 74.2 Å². The third-order valence-electron chi connectivity index (χ3n) is 5.51.